The number of nitrogens with zero attached hydrogens (tertiary/aromatic N) is 4. The van der Waals surface area contributed by atoms with Crippen molar-refractivity contribution >= 4 is 52.5 Å². The summed E-state index contributed by atoms with van der Waals surface area (Å²) in [7, 11) is 3.62. The molecule has 0 unspecified atom stereocenters. The number of amides is 2. The van der Waals surface area contributed by atoms with E-state index in [0.717, 1.165) is 18.7 Å². The van der Waals surface area contributed by atoms with Gasteiger partial charge in [0.2, 0.25) is 5.91 Å². The fraction of sp³-hybridized carbons (Fsp3) is 0.273. The third kappa shape index (κ3) is 3.75. The van der Waals surface area contributed by atoms with Crippen LogP contribution in [0.3, 0.4) is 0 Å². The van der Waals surface area contributed by atoms with E-state index in [1.165, 1.54) is 0 Å². The first-order chi connectivity index (χ1) is 15.4. The van der Waals surface area contributed by atoms with Gasteiger partial charge in [-0.2, -0.15) is 9.61 Å². The zero-order valence-electron chi connectivity index (χ0n) is 17.6. The van der Waals surface area contributed by atoms with Gasteiger partial charge in [0, 0.05) is 36.4 Å². The van der Waals surface area contributed by atoms with Gasteiger partial charge < -0.3 is 15.0 Å². The third-order valence-corrected chi connectivity index (χ3v) is 5.93. The molecule has 2 fully saturated rings. The molecule has 2 N–H and O–H groups in total. The SMILES string of the molecule is COc1ccc(Cl)c(Nc2cc(N(C)C3CC3)n3ncc(/C=C4\CC(=O)NC4=O)c3n2)c1. The van der Waals surface area contributed by atoms with E-state index in [2.05, 4.69) is 20.6 Å². The molecule has 1 aromatic carbocycles. The number of rotatable bonds is 6. The normalized spacial score (nSPS) is 17.2. The van der Waals surface area contributed by atoms with Crippen LogP contribution in [0.15, 0.2) is 36.0 Å². The van der Waals surface area contributed by atoms with Crippen LogP contribution in [0.2, 0.25) is 5.02 Å². The van der Waals surface area contributed by atoms with Gasteiger partial charge in [-0.15, -0.1) is 0 Å². The van der Waals surface area contributed by atoms with Crippen molar-refractivity contribution in [1.29, 1.82) is 0 Å². The first kappa shape index (κ1) is 20.3. The summed E-state index contributed by atoms with van der Waals surface area (Å²) in [5, 5.41) is 10.6. The maximum absolute atomic E-state index is 12.0. The van der Waals surface area contributed by atoms with Crippen molar-refractivity contribution in [3.05, 3.63) is 46.6 Å². The third-order valence-electron chi connectivity index (χ3n) is 5.60. The van der Waals surface area contributed by atoms with Crippen LogP contribution in [-0.2, 0) is 9.59 Å². The summed E-state index contributed by atoms with van der Waals surface area (Å²) >= 11 is 6.38. The van der Waals surface area contributed by atoms with Gasteiger partial charge in [0.15, 0.2) is 5.65 Å². The highest BCUT2D eigenvalue weighted by molar-refractivity contribution is 6.33. The van der Waals surface area contributed by atoms with Crippen LogP contribution >= 0.6 is 11.6 Å². The summed E-state index contributed by atoms with van der Waals surface area (Å²) in [6.07, 6.45) is 5.59. The van der Waals surface area contributed by atoms with Crippen LogP contribution in [0.5, 0.6) is 5.75 Å². The van der Waals surface area contributed by atoms with Crippen LogP contribution in [-0.4, -0.2) is 46.6 Å². The van der Waals surface area contributed by atoms with Gasteiger partial charge in [-0.3, -0.25) is 14.9 Å². The van der Waals surface area contributed by atoms with Gasteiger partial charge in [-0.25, -0.2) is 4.98 Å². The van der Waals surface area contributed by atoms with E-state index < -0.39 is 0 Å². The molecule has 1 aliphatic carbocycles. The summed E-state index contributed by atoms with van der Waals surface area (Å²) in [6, 6.07) is 7.69. The average Bonchev–Trinajstić information content (AvgIpc) is 3.48. The zero-order valence-corrected chi connectivity index (χ0v) is 18.3. The van der Waals surface area contributed by atoms with E-state index in [-0.39, 0.29) is 18.2 Å². The second-order valence-corrected chi connectivity index (χ2v) is 8.28. The van der Waals surface area contributed by atoms with E-state index in [1.807, 2.05) is 13.1 Å². The minimum absolute atomic E-state index is 0.0440. The number of ether oxygens (including phenoxy) is 1. The van der Waals surface area contributed by atoms with Gasteiger partial charge >= 0.3 is 0 Å². The molecule has 3 aromatic rings. The molecule has 3 heterocycles. The van der Waals surface area contributed by atoms with Crippen LogP contribution in [0, 0.1) is 0 Å². The summed E-state index contributed by atoms with van der Waals surface area (Å²) in [6.45, 7) is 0. The number of fused-ring (bicyclic) bond motifs is 1. The molecule has 1 saturated heterocycles. The van der Waals surface area contributed by atoms with Crippen LogP contribution in [0.1, 0.15) is 24.8 Å². The molecule has 2 amide bonds. The highest BCUT2D eigenvalue weighted by atomic mass is 35.5. The number of hydrogen-bond acceptors (Lipinski definition) is 7. The van der Waals surface area contributed by atoms with E-state index in [0.29, 0.717) is 45.1 Å². The number of aromatic nitrogens is 3. The van der Waals surface area contributed by atoms with Crippen molar-refractivity contribution in [3.8, 4) is 5.75 Å². The molecule has 0 atom stereocenters. The molecule has 0 radical (unpaired) electrons. The maximum atomic E-state index is 12.0. The number of nitrogens with one attached hydrogen (secondary N) is 2. The molecule has 1 aliphatic heterocycles. The van der Waals surface area contributed by atoms with Crippen molar-refractivity contribution in [2.45, 2.75) is 25.3 Å². The van der Waals surface area contributed by atoms with Crippen LogP contribution in [0.25, 0.3) is 11.7 Å². The molecular formula is C22H21ClN6O3. The molecule has 2 aromatic heterocycles. The molecule has 32 heavy (non-hydrogen) atoms. The van der Waals surface area contributed by atoms with Crippen molar-refractivity contribution in [2.75, 3.05) is 24.4 Å². The number of halogens is 1. The molecule has 2 aliphatic rings. The van der Waals surface area contributed by atoms with Gasteiger partial charge in [0.1, 0.15) is 17.4 Å². The van der Waals surface area contributed by atoms with E-state index in [1.54, 1.807) is 42.1 Å². The van der Waals surface area contributed by atoms with Crippen LogP contribution in [0.4, 0.5) is 17.3 Å². The molecular weight excluding hydrogens is 432 g/mol. The number of methoxy groups -OCH3 is 1. The largest absolute Gasteiger partial charge is 0.497 e. The first-order valence-corrected chi connectivity index (χ1v) is 10.6. The van der Waals surface area contributed by atoms with Gasteiger partial charge in [-0.05, 0) is 31.1 Å². The number of benzene rings is 1. The predicted octanol–water partition coefficient (Wildman–Crippen LogP) is 3.16. The lowest BCUT2D eigenvalue weighted by molar-refractivity contribution is -0.124. The lowest BCUT2D eigenvalue weighted by Gasteiger charge is -2.20. The van der Waals surface area contributed by atoms with Crippen molar-refractivity contribution in [2.24, 2.45) is 0 Å². The zero-order chi connectivity index (χ0) is 22.4. The molecule has 0 spiro atoms. The van der Waals surface area contributed by atoms with E-state index >= 15 is 0 Å². The Hall–Kier alpha value is -3.59. The standard InChI is InChI=1S/C22H21ClN6O3/c1-28(14-3-4-14)20-10-18(25-17-9-15(32-2)5-6-16(17)23)26-21-13(11-24-29(20)21)7-12-8-19(30)27-22(12)31/h5-7,9-11,14H,3-4,8H2,1-2H3,(H,25,26)(H,27,30,31)/b12-7+. The highest BCUT2D eigenvalue weighted by Gasteiger charge is 2.29. The quantitative estimate of drug-likeness (QED) is 0.437. The Morgan fingerprint density at radius 3 is 2.81 bits per heavy atom. The Balaban J connectivity index is 1.61. The average molecular weight is 453 g/mol. The Morgan fingerprint density at radius 1 is 1.31 bits per heavy atom. The highest BCUT2D eigenvalue weighted by Crippen LogP contribution is 2.34. The fourth-order valence-electron chi connectivity index (χ4n) is 3.70. The summed E-state index contributed by atoms with van der Waals surface area (Å²) in [5.41, 5.74) is 2.26. The second-order valence-electron chi connectivity index (χ2n) is 7.87. The smallest absolute Gasteiger partial charge is 0.254 e. The number of carbonyl (C=O) groups is 2. The second kappa shape index (κ2) is 7.83. The summed E-state index contributed by atoms with van der Waals surface area (Å²) < 4.78 is 7.05. The van der Waals surface area contributed by atoms with E-state index in [9.17, 15) is 9.59 Å². The Labute approximate surface area is 189 Å². The van der Waals surface area contributed by atoms with Crippen molar-refractivity contribution in [3.63, 3.8) is 0 Å². The molecule has 1 saturated carbocycles. The van der Waals surface area contributed by atoms with Crippen molar-refractivity contribution in [1.82, 2.24) is 19.9 Å². The summed E-state index contributed by atoms with van der Waals surface area (Å²) in [5.74, 6) is 1.40. The van der Waals surface area contributed by atoms with Gasteiger partial charge in [0.25, 0.3) is 5.91 Å². The van der Waals surface area contributed by atoms with Crippen molar-refractivity contribution < 1.29 is 14.3 Å². The first-order valence-electron chi connectivity index (χ1n) is 10.2. The molecule has 9 nitrogen and oxygen atoms in total. The number of anilines is 3. The lowest BCUT2D eigenvalue weighted by atomic mass is 10.1. The van der Waals surface area contributed by atoms with Crippen LogP contribution < -0.4 is 20.3 Å². The monoisotopic (exact) mass is 452 g/mol. The molecule has 10 heteroatoms. The Bertz CT molecular complexity index is 1280. The minimum atomic E-state index is -0.387. The summed E-state index contributed by atoms with van der Waals surface area (Å²) in [4.78, 5) is 30.5. The number of imide groups is 1. The molecule has 5 rings (SSSR count). The fourth-order valence-corrected chi connectivity index (χ4v) is 3.87. The molecule has 164 valence electrons. The van der Waals surface area contributed by atoms with Gasteiger partial charge in [-0.1, -0.05) is 11.6 Å². The van der Waals surface area contributed by atoms with Gasteiger partial charge in [0.05, 0.1) is 30.4 Å². The Kier molecular flexibility index (Phi) is 4.97. The Morgan fingerprint density at radius 2 is 2.12 bits per heavy atom. The molecule has 0 bridgehead atoms. The maximum Gasteiger partial charge on any atom is 0.254 e. The lowest BCUT2D eigenvalue weighted by Crippen LogP contribution is -2.23. The number of hydrogen-bond donors (Lipinski definition) is 2. The van der Waals surface area contributed by atoms with E-state index in [4.69, 9.17) is 21.3 Å². The predicted molar refractivity (Wildman–Crippen MR) is 121 cm³/mol. The topological polar surface area (TPSA) is 101 Å². The number of carbonyl (C=O) groups excluding carboxylic acids is 2. The minimum Gasteiger partial charge on any atom is -0.497 e.